The van der Waals surface area contributed by atoms with Gasteiger partial charge in [0.05, 0.1) is 23.9 Å². The summed E-state index contributed by atoms with van der Waals surface area (Å²) in [4.78, 5) is 12.1. The van der Waals surface area contributed by atoms with Gasteiger partial charge >= 0.3 is 0 Å². The van der Waals surface area contributed by atoms with Crippen LogP contribution in [-0.2, 0) is 14.8 Å². The highest BCUT2D eigenvalue weighted by atomic mass is 32.2. The summed E-state index contributed by atoms with van der Waals surface area (Å²) >= 11 is 0. The van der Waals surface area contributed by atoms with Crippen LogP contribution < -0.4 is 5.32 Å². The monoisotopic (exact) mass is 350 g/mol. The van der Waals surface area contributed by atoms with Gasteiger partial charge in [0.1, 0.15) is 0 Å². The Morgan fingerprint density at radius 2 is 2.00 bits per heavy atom. The van der Waals surface area contributed by atoms with E-state index in [9.17, 15) is 13.2 Å². The number of carbonyl (C=O) groups is 1. The molecule has 1 unspecified atom stereocenters. The van der Waals surface area contributed by atoms with Crippen LogP contribution in [0, 0.1) is 0 Å². The van der Waals surface area contributed by atoms with Crippen molar-refractivity contribution in [2.45, 2.75) is 17.9 Å². The number of furan rings is 1. The summed E-state index contributed by atoms with van der Waals surface area (Å²) in [5.41, 5.74) is 0.491. The normalized spacial score (nSPS) is 19.1. The molecule has 1 amide bonds. The second-order valence-electron chi connectivity index (χ2n) is 5.50. The molecule has 0 aliphatic carbocycles. The van der Waals surface area contributed by atoms with Gasteiger partial charge in [-0.25, -0.2) is 8.42 Å². The van der Waals surface area contributed by atoms with Gasteiger partial charge in [0, 0.05) is 18.8 Å². The van der Waals surface area contributed by atoms with Crippen LogP contribution in [0.3, 0.4) is 0 Å². The lowest BCUT2D eigenvalue weighted by atomic mass is 10.3. The van der Waals surface area contributed by atoms with E-state index in [1.165, 1.54) is 22.7 Å². The lowest BCUT2D eigenvalue weighted by molar-refractivity contribution is 0.0102. The summed E-state index contributed by atoms with van der Waals surface area (Å²) in [7, 11) is -3.56. The number of nitrogens with one attached hydrogen (secondary N) is 1. The van der Waals surface area contributed by atoms with Gasteiger partial charge in [-0.3, -0.25) is 4.79 Å². The Morgan fingerprint density at radius 3 is 2.62 bits per heavy atom. The first-order chi connectivity index (χ1) is 11.5. The Kier molecular flexibility index (Phi) is 4.70. The Labute approximate surface area is 140 Å². The Balaban J connectivity index is 1.73. The van der Waals surface area contributed by atoms with Crippen molar-refractivity contribution >= 4 is 21.6 Å². The highest BCUT2D eigenvalue weighted by Crippen LogP contribution is 2.21. The first-order valence-electron chi connectivity index (χ1n) is 7.53. The number of rotatable bonds is 4. The van der Waals surface area contributed by atoms with Gasteiger partial charge in [-0.2, -0.15) is 4.31 Å². The molecule has 8 heteroatoms. The molecule has 1 aliphatic heterocycles. The predicted octanol–water partition coefficient (Wildman–Crippen LogP) is 1.94. The molecule has 7 nitrogen and oxygen atoms in total. The molecule has 1 aromatic heterocycles. The number of ether oxygens (including phenoxy) is 1. The minimum absolute atomic E-state index is 0.125. The zero-order valence-corrected chi connectivity index (χ0v) is 14.0. The SMILES string of the molecule is CC1CN(S(=O)(=O)c2ccc(NC(=O)c3ccco3)cc2)CCO1. The van der Waals surface area contributed by atoms with Gasteiger partial charge in [0.25, 0.3) is 5.91 Å². The summed E-state index contributed by atoms with van der Waals surface area (Å²) in [6.07, 6.45) is 1.29. The summed E-state index contributed by atoms with van der Waals surface area (Å²) in [6.45, 7) is 2.90. The fourth-order valence-corrected chi connectivity index (χ4v) is 3.96. The number of amides is 1. The molecule has 0 bridgehead atoms. The number of carbonyl (C=O) groups excluding carboxylic acids is 1. The van der Waals surface area contributed by atoms with Crippen molar-refractivity contribution in [2.24, 2.45) is 0 Å². The van der Waals surface area contributed by atoms with E-state index < -0.39 is 15.9 Å². The maximum atomic E-state index is 12.6. The second-order valence-corrected chi connectivity index (χ2v) is 7.44. The molecule has 1 fully saturated rings. The molecule has 2 aromatic rings. The summed E-state index contributed by atoms with van der Waals surface area (Å²) in [5.74, 6) is -0.202. The zero-order chi connectivity index (χ0) is 17.2. The largest absolute Gasteiger partial charge is 0.459 e. The molecule has 0 radical (unpaired) electrons. The van der Waals surface area contributed by atoms with Crippen LogP contribution in [0.4, 0.5) is 5.69 Å². The summed E-state index contributed by atoms with van der Waals surface area (Å²) in [6, 6.07) is 9.23. The maximum absolute atomic E-state index is 12.6. The molecule has 0 saturated carbocycles. The third-order valence-electron chi connectivity index (χ3n) is 3.70. The van der Waals surface area contributed by atoms with Crippen molar-refractivity contribution < 1.29 is 22.4 Å². The Morgan fingerprint density at radius 1 is 1.25 bits per heavy atom. The van der Waals surface area contributed by atoms with Crippen molar-refractivity contribution in [3.8, 4) is 0 Å². The third kappa shape index (κ3) is 3.50. The van der Waals surface area contributed by atoms with Gasteiger partial charge < -0.3 is 14.5 Å². The highest BCUT2D eigenvalue weighted by Gasteiger charge is 2.29. The molecule has 128 valence electrons. The van der Waals surface area contributed by atoms with Crippen molar-refractivity contribution in [3.05, 3.63) is 48.4 Å². The number of nitrogens with zero attached hydrogens (tertiary/aromatic N) is 1. The number of anilines is 1. The van der Waals surface area contributed by atoms with Crippen LogP contribution >= 0.6 is 0 Å². The third-order valence-corrected chi connectivity index (χ3v) is 5.58. The van der Waals surface area contributed by atoms with E-state index in [4.69, 9.17) is 9.15 Å². The number of hydrogen-bond donors (Lipinski definition) is 1. The molecule has 2 heterocycles. The van der Waals surface area contributed by atoms with Crippen molar-refractivity contribution in [1.29, 1.82) is 0 Å². The lowest BCUT2D eigenvalue weighted by Gasteiger charge is -2.30. The van der Waals surface area contributed by atoms with Gasteiger partial charge in [-0.1, -0.05) is 0 Å². The van der Waals surface area contributed by atoms with E-state index in [2.05, 4.69) is 5.32 Å². The lowest BCUT2D eigenvalue weighted by Crippen LogP contribution is -2.44. The average molecular weight is 350 g/mol. The van der Waals surface area contributed by atoms with E-state index >= 15 is 0 Å². The second kappa shape index (κ2) is 6.76. The predicted molar refractivity (Wildman–Crippen MR) is 87.3 cm³/mol. The quantitative estimate of drug-likeness (QED) is 0.910. The van der Waals surface area contributed by atoms with Crippen LogP contribution in [0.5, 0.6) is 0 Å². The molecule has 3 rings (SSSR count). The molecule has 0 spiro atoms. The molecule has 1 aromatic carbocycles. The fraction of sp³-hybridized carbons (Fsp3) is 0.312. The molecular formula is C16H18N2O5S. The smallest absolute Gasteiger partial charge is 0.291 e. The van der Waals surface area contributed by atoms with Crippen LogP contribution in [0.15, 0.2) is 52.0 Å². The molecule has 1 saturated heterocycles. The minimum Gasteiger partial charge on any atom is -0.459 e. The molecule has 1 aliphatic rings. The number of hydrogen-bond acceptors (Lipinski definition) is 5. The van der Waals surface area contributed by atoms with Crippen LogP contribution in [0.25, 0.3) is 0 Å². The van der Waals surface area contributed by atoms with Crippen LogP contribution in [-0.4, -0.2) is 44.4 Å². The minimum atomic E-state index is -3.56. The molecular weight excluding hydrogens is 332 g/mol. The van der Waals surface area contributed by atoms with E-state index in [-0.39, 0.29) is 16.8 Å². The molecule has 1 N–H and O–H groups in total. The number of benzene rings is 1. The average Bonchev–Trinajstić information content (AvgIpc) is 3.10. The Hall–Kier alpha value is -2.16. The highest BCUT2D eigenvalue weighted by molar-refractivity contribution is 7.89. The number of sulfonamides is 1. The molecule has 1 atom stereocenters. The van der Waals surface area contributed by atoms with Gasteiger partial charge in [-0.15, -0.1) is 0 Å². The summed E-state index contributed by atoms with van der Waals surface area (Å²) in [5, 5.41) is 2.65. The standard InChI is InChI=1S/C16H18N2O5S/c1-12-11-18(8-10-22-12)24(20,21)14-6-4-13(5-7-14)17-16(19)15-3-2-9-23-15/h2-7,9,12H,8,10-11H2,1H3,(H,17,19). The fourth-order valence-electron chi connectivity index (χ4n) is 2.46. The van der Waals surface area contributed by atoms with E-state index in [1.54, 1.807) is 24.3 Å². The van der Waals surface area contributed by atoms with Crippen molar-refractivity contribution in [1.82, 2.24) is 4.31 Å². The van der Waals surface area contributed by atoms with Crippen molar-refractivity contribution in [3.63, 3.8) is 0 Å². The Bertz CT molecular complexity index is 800. The first kappa shape index (κ1) is 16.7. The van der Waals surface area contributed by atoms with E-state index in [0.717, 1.165) is 0 Å². The van der Waals surface area contributed by atoms with Gasteiger partial charge in [0.2, 0.25) is 10.0 Å². The van der Waals surface area contributed by atoms with E-state index in [0.29, 0.717) is 25.4 Å². The van der Waals surface area contributed by atoms with Gasteiger partial charge in [0.15, 0.2) is 5.76 Å². The molecule has 24 heavy (non-hydrogen) atoms. The topological polar surface area (TPSA) is 88.9 Å². The first-order valence-corrected chi connectivity index (χ1v) is 8.97. The number of morpholine rings is 1. The van der Waals surface area contributed by atoms with E-state index in [1.807, 2.05) is 6.92 Å². The van der Waals surface area contributed by atoms with Crippen LogP contribution in [0.2, 0.25) is 0 Å². The van der Waals surface area contributed by atoms with Crippen LogP contribution in [0.1, 0.15) is 17.5 Å². The summed E-state index contributed by atoms with van der Waals surface area (Å²) < 4.78 is 37.0. The van der Waals surface area contributed by atoms with Crippen molar-refractivity contribution in [2.75, 3.05) is 25.0 Å². The van der Waals surface area contributed by atoms with Gasteiger partial charge in [-0.05, 0) is 43.3 Å². The zero-order valence-electron chi connectivity index (χ0n) is 13.1. The maximum Gasteiger partial charge on any atom is 0.291 e.